The number of piperidine rings is 1. The Hall–Kier alpha value is -0.660. The van der Waals surface area contributed by atoms with Crippen molar-refractivity contribution in [3.63, 3.8) is 0 Å². The van der Waals surface area contributed by atoms with Crippen molar-refractivity contribution in [1.29, 1.82) is 0 Å². The first-order valence-corrected chi connectivity index (χ1v) is 8.31. The van der Waals surface area contributed by atoms with Gasteiger partial charge in [0.2, 0.25) is 0 Å². The first-order chi connectivity index (χ1) is 10.0. The zero-order valence-electron chi connectivity index (χ0n) is 11.8. The van der Waals surface area contributed by atoms with E-state index in [1.165, 1.54) is 12.8 Å². The summed E-state index contributed by atoms with van der Waals surface area (Å²) in [5.41, 5.74) is 0. The predicted octanol–water partition coefficient (Wildman–Crippen LogP) is 3.13. The van der Waals surface area contributed by atoms with Gasteiger partial charge in [-0.25, -0.2) is 4.98 Å². The standard InChI is InChI=1S/C14H20F3N3S/c15-14(16,17)12-8-19-13(21-12)9-20-6-3-10(4-7-20)11-2-1-5-18-11/h8,10-11,18H,1-7,9H2. The van der Waals surface area contributed by atoms with E-state index < -0.39 is 11.1 Å². The van der Waals surface area contributed by atoms with Gasteiger partial charge in [-0.3, -0.25) is 4.90 Å². The average Bonchev–Trinajstić information content (AvgIpc) is 3.09. The Bertz CT molecular complexity index is 460. The maximum atomic E-state index is 12.6. The van der Waals surface area contributed by atoms with Crippen LogP contribution < -0.4 is 5.32 Å². The van der Waals surface area contributed by atoms with E-state index in [-0.39, 0.29) is 0 Å². The number of hydrogen-bond donors (Lipinski definition) is 1. The minimum absolute atomic E-state index is 0.547. The second-order valence-electron chi connectivity index (χ2n) is 5.93. The Kier molecular flexibility index (Phi) is 4.51. The van der Waals surface area contributed by atoms with Gasteiger partial charge in [0.1, 0.15) is 9.88 Å². The summed E-state index contributed by atoms with van der Waals surface area (Å²) >= 11 is 0.769. The van der Waals surface area contributed by atoms with Gasteiger partial charge in [-0.15, -0.1) is 11.3 Å². The summed E-state index contributed by atoms with van der Waals surface area (Å²) in [4.78, 5) is 5.55. The molecule has 1 aromatic heterocycles. The summed E-state index contributed by atoms with van der Waals surface area (Å²) in [6.45, 7) is 3.60. The summed E-state index contributed by atoms with van der Waals surface area (Å²) in [5.74, 6) is 0.728. The van der Waals surface area contributed by atoms with Crippen molar-refractivity contribution in [2.24, 2.45) is 5.92 Å². The molecule has 1 atom stereocenters. The molecule has 1 N–H and O–H groups in total. The number of thiazole rings is 1. The molecule has 1 unspecified atom stereocenters. The van der Waals surface area contributed by atoms with E-state index in [9.17, 15) is 13.2 Å². The van der Waals surface area contributed by atoms with Crippen molar-refractivity contribution in [1.82, 2.24) is 15.2 Å². The molecule has 2 aliphatic heterocycles. The van der Waals surface area contributed by atoms with Gasteiger partial charge in [-0.1, -0.05) is 0 Å². The molecule has 0 aromatic carbocycles. The maximum Gasteiger partial charge on any atom is 0.427 e. The summed E-state index contributed by atoms with van der Waals surface area (Å²) in [6.07, 6.45) is 1.49. The highest BCUT2D eigenvalue weighted by molar-refractivity contribution is 7.11. The molecule has 0 bridgehead atoms. The smallest absolute Gasteiger partial charge is 0.314 e. The van der Waals surface area contributed by atoms with Crippen LogP contribution in [0.5, 0.6) is 0 Å². The molecule has 0 aliphatic carbocycles. The van der Waals surface area contributed by atoms with Crippen LogP contribution in [0.3, 0.4) is 0 Å². The summed E-state index contributed by atoms with van der Waals surface area (Å²) in [5, 5.41) is 4.13. The van der Waals surface area contributed by atoms with Crippen molar-refractivity contribution in [3.05, 3.63) is 16.1 Å². The number of nitrogens with one attached hydrogen (secondary N) is 1. The molecule has 2 fully saturated rings. The molecule has 3 rings (SSSR count). The lowest BCUT2D eigenvalue weighted by molar-refractivity contribution is -0.134. The lowest BCUT2D eigenvalue weighted by Crippen LogP contribution is -2.40. The van der Waals surface area contributed by atoms with Gasteiger partial charge < -0.3 is 5.32 Å². The molecule has 3 heterocycles. The van der Waals surface area contributed by atoms with Crippen LogP contribution >= 0.6 is 11.3 Å². The van der Waals surface area contributed by atoms with E-state index in [0.717, 1.165) is 55.9 Å². The molecule has 1 aromatic rings. The molecule has 3 nitrogen and oxygen atoms in total. The molecule has 0 amide bonds. The van der Waals surface area contributed by atoms with Crippen LogP contribution in [-0.2, 0) is 12.7 Å². The van der Waals surface area contributed by atoms with Gasteiger partial charge in [0, 0.05) is 6.04 Å². The number of halogens is 3. The highest BCUT2D eigenvalue weighted by Crippen LogP contribution is 2.34. The second-order valence-corrected chi connectivity index (χ2v) is 7.05. The Morgan fingerprint density at radius 1 is 1.29 bits per heavy atom. The van der Waals surface area contributed by atoms with Crippen LogP contribution in [0.4, 0.5) is 13.2 Å². The second kappa shape index (κ2) is 6.22. The molecule has 118 valence electrons. The molecule has 0 spiro atoms. The molecular weight excluding hydrogens is 299 g/mol. The Morgan fingerprint density at radius 3 is 2.62 bits per heavy atom. The van der Waals surface area contributed by atoms with Gasteiger partial charge >= 0.3 is 6.18 Å². The number of likely N-dealkylation sites (tertiary alicyclic amines) is 1. The number of alkyl halides is 3. The van der Waals surface area contributed by atoms with E-state index in [1.54, 1.807) is 0 Å². The van der Waals surface area contributed by atoms with Crippen molar-refractivity contribution < 1.29 is 13.2 Å². The topological polar surface area (TPSA) is 28.2 Å². The molecular formula is C14H20F3N3S. The van der Waals surface area contributed by atoms with Gasteiger partial charge in [0.15, 0.2) is 0 Å². The fourth-order valence-electron chi connectivity index (χ4n) is 3.33. The molecule has 0 saturated carbocycles. The van der Waals surface area contributed by atoms with E-state index in [2.05, 4.69) is 15.2 Å². The summed E-state index contributed by atoms with van der Waals surface area (Å²) in [6, 6.07) is 0.656. The minimum Gasteiger partial charge on any atom is -0.314 e. The SMILES string of the molecule is FC(F)(F)c1cnc(CN2CCC(C3CCCN3)CC2)s1. The average molecular weight is 319 g/mol. The number of nitrogens with zero attached hydrogens (tertiary/aromatic N) is 2. The van der Waals surface area contributed by atoms with Crippen LogP contribution in [0.2, 0.25) is 0 Å². The lowest BCUT2D eigenvalue weighted by Gasteiger charge is -2.34. The zero-order valence-corrected chi connectivity index (χ0v) is 12.6. The Labute approximate surface area is 126 Å². The van der Waals surface area contributed by atoms with Crippen LogP contribution in [0.15, 0.2) is 6.20 Å². The third-order valence-corrected chi connectivity index (χ3v) is 5.52. The van der Waals surface area contributed by atoms with Crippen molar-refractivity contribution in [3.8, 4) is 0 Å². The van der Waals surface area contributed by atoms with Gasteiger partial charge in [0.05, 0.1) is 12.7 Å². The highest BCUT2D eigenvalue weighted by Gasteiger charge is 2.34. The highest BCUT2D eigenvalue weighted by atomic mass is 32.1. The quantitative estimate of drug-likeness (QED) is 0.928. The third-order valence-electron chi connectivity index (χ3n) is 4.49. The minimum atomic E-state index is -4.27. The predicted molar refractivity (Wildman–Crippen MR) is 76.1 cm³/mol. The lowest BCUT2D eigenvalue weighted by atomic mass is 9.88. The van der Waals surface area contributed by atoms with Gasteiger partial charge in [-0.05, 0) is 51.2 Å². The number of hydrogen-bond acceptors (Lipinski definition) is 4. The summed E-state index contributed by atoms with van der Waals surface area (Å²) in [7, 11) is 0. The van der Waals surface area contributed by atoms with Gasteiger partial charge in [-0.2, -0.15) is 13.2 Å². The van der Waals surface area contributed by atoms with Crippen molar-refractivity contribution >= 4 is 11.3 Å². The Balaban J connectivity index is 1.50. The first kappa shape index (κ1) is 15.2. The fourth-order valence-corrected chi connectivity index (χ4v) is 4.16. The molecule has 2 saturated heterocycles. The van der Waals surface area contributed by atoms with Crippen molar-refractivity contribution in [2.75, 3.05) is 19.6 Å². The number of rotatable bonds is 3. The van der Waals surface area contributed by atoms with E-state index in [0.29, 0.717) is 17.6 Å². The largest absolute Gasteiger partial charge is 0.427 e. The number of aromatic nitrogens is 1. The van der Waals surface area contributed by atoms with Crippen molar-refractivity contribution in [2.45, 2.75) is 44.4 Å². The van der Waals surface area contributed by atoms with Crippen LogP contribution in [0.1, 0.15) is 35.6 Å². The van der Waals surface area contributed by atoms with E-state index in [1.807, 2.05) is 0 Å². The van der Waals surface area contributed by atoms with E-state index >= 15 is 0 Å². The molecule has 0 radical (unpaired) electrons. The molecule has 7 heteroatoms. The van der Waals surface area contributed by atoms with Crippen LogP contribution in [-0.4, -0.2) is 35.6 Å². The first-order valence-electron chi connectivity index (χ1n) is 7.50. The monoisotopic (exact) mass is 319 g/mol. The van der Waals surface area contributed by atoms with Crippen LogP contribution in [0.25, 0.3) is 0 Å². The van der Waals surface area contributed by atoms with Gasteiger partial charge in [0.25, 0.3) is 0 Å². The third kappa shape index (κ3) is 3.76. The fraction of sp³-hybridized carbons (Fsp3) is 0.786. The zero-order chi connectivity index (χ0) is 14.9. The maximum absolute atomic E-state index is 12.6. The van der Waals surface area contributed by atoms with E-state index in [4.69, 9.17) is 0 Å². The Morgan fingerprint density at radius 2 is 2.05 bits per heavy atom. The summed E-state index contributed by atoms with van der Waals surface area (Å²) < 4.78 is 37.7. The normalized spacial score (nSPS) is 25.6. The van der Waals surface area contributed by atoms with Crippen LogP contribution in [0, 0.1) is 5.92 Å². The molecule has 2 aliphatic rings. The molecule has 21 heavy (non-hydrogen) atoms.